The standard InChI is InChI=1S/C22H20FN3O2S/c1-2-11-26-19-6-4-3-5-18(19)24-22(26)25-21(27)20-12-15(14-29-20)13-28-17-9-7-16(23)8-10-17/h3-10,12,14H,2,11,13H2,1H3,(H,24,25,27). The summed E-state index contributed by atoms with van der Waals surface area (Å²) in [4.78, 5) is 17.9. The molecule has 7 heteroatoms. The summed E-state index contributed by atoms with van der Waals surface area (Å²) in [6.07, 6.45) is 0.938. The second-order valence-electron chi connectivity index (χ2n) is 6.59. The van der Waals surface area contributed by atoms with Gasteiger partial charge in [0.1, 0.15) is 18.2 Å². The maximum Gasteiger partial charge on any atom is 0.268 e. The summed E-state index contributed by atoms with van der Waals surface area (Å²) < 4.78 is 20.6. The number of hydrogen-bond donors (Lipinski definition) is 1. The van der Waals surface area contributed by atoms with Gasteiger partial charge in [0, 0.05) is 12.1 Å². The molecule has 0 aliphatic rings. The lowest BCUT2D eigenvalue weighted by Gasteiger charge is -2.08. The lowest BCUT2D eigenvalue weighted by Crippen LogP contribution is -2.15. The largest absolute Gasteiger partial charge is 0.489 e. The van der Waals surface area contributed by atoms with E-state index in [9.17, 15) is 9.18 Å². The van der Waals surface area contributed by atoms with E-state index >= 15 is 0 Å². The molecule has 0 atom stereocenters. The first-order chi connectivity index (χ1) is 14.1. The number of rotatable bonds is 7. The minimum atomic E-state index is -0.305. The minimum Gasteiger partial charge on any atom is -0.489 e. The molecule has 0 fully saturated rings. The van der Waals surface area contributed by atoms with Gasteiger partial charge in [0.15, 0.2) is 0 Å². The fourth-order valence-electron chi connectivity index (χ4n) is 3.05. The van der Waals surface area contributed by atoms with Crippen molar-refractivity contribution in [3.63, 3.8) is 0 Å². The zero-order valence-electron chi connectivity index (χ0n) is 15.9. The van der Waals surface area contributed by atoms with Crippen molar-refractivity contribution in [2.24, 2.45) is 0 Å². The predicted octanol–water partition coefficient (Wildman–Crippen LogP) is 5.48. The lowest BCUT2D eigenvalue weighted by atomic mass is 10.3. The quantitative estimate of drug-likeness (QED) is 0.440. The molecule has 1 amide bonds. The number of amides is 1. The highest BCUT2D eigenvalue weighted by atomic mass is 32.1. The fraction of sp³-hybridized carbons (Fsp3) is 0.182. The Kier molecular flexibility index (Phi) is 5.57. The third kappa shape index (κ3) is 4.30. The van der Waals surface area contributed by atoms with Crippen molar-refractivity contribution in [3.05, 3.63) is 76.2 Å². The Hall–Kier alpha value is -3.19. The summed E-state index contributed by atoms with van der Waals surface area (Å²) in [5.41, 5.74) is 2.74. The molecule has 4 rings (SSSR count). The first-order valence-electron chi connectivity index (χ1n) is 9.36. The Morgan fingerprint density at radius 2 is 2.00 bits per heavy atom. The van der Waals surface area contributed by atoms with E-state index < -0.39 is 0 Å². The molecule has 2 aromatic heterocycles. The van der Waals surface area contributed by atoms with Crippen LogP contribution in [0.3, 0.4) is 0 Å². The number of nitrogens with one attached hydrogen (secondary N) is 1. The number of ether oxygens (including phenoxy) is 1. The summed E-state index contributed by atoms with van der Waals surface area (Å²) in [5.74, 6) is 0.629. The van der Waals surface area contributed by atoms with Crippen molar-refractivity contribution in [3.8, 4) is 5.75 Å². The first-order valence-corrected chi connectivity index (χ1v) is 10.2. The average Bonchev–Trinajstić information content (AvgIpc) is 3.33. The van der Waals surface area contributed by atoms with E-state index in [0.717, 1.165) is 29.6 Å². The van der Waals surface area contributed by atoms with Gasteiger partial charge in [-0.3, -0.25) is 10.1 Å². The van der Waals surface area contributed by atoms with Gasteiger partial charge < -0.3 is 9.30 Å². The molecule has 0 radical (unpaired) electrons. The number of benzene rings is 2. The third-order valence-electron chi connectivity index (χ3n) is 4.42. The van der Waals surface area contributed by atoms with E-state index in [4.69, 9.17) is 4.74 Å². The fourth-order valence-corrected chi connectivity index (χ4v) is 3.84. The second kappa shape index (κ2) is 8.45. The Morgan fingerprint density at radius 1 is 1.21 bits per heavy atom. The minimum absolute atomic E-state index is 0.198. The number of carbonyl (C=O) groups is 1. The zero-order chi connectivity index (χ0) is 20.2. The summed E-state index contributed by atoms with van der Waals surface area (Å²) in [5, 5.41) is 4.82. The van der Waals surface area contributed by atoms with Crippen LogP contribution in [0.1, 0.15) is 28.6 Å². The second-order valence-corrected chi connectivity index (χ2v) is 7.50. The number of aromatic nitrogens is 2. The molecular weight excluding hydrogens is 389 g/mol. The van der Waals surface area contributed by atoms with Crippen LogP contribution in [0.4, 0.5) is 10.3 Å². The molecule has 0 saturated heterocycles. The van der Waals surface area contributed by atoms with E-state index in [1.165, 1.54) is 23.5 Å². The highest BCUT2D eigenvalue weighted by Crippen LogP contribution is 2.23. The van der Waals surface area contributed by atoms with Gasteiger partial charge in [-0.05, 0) is 54.3 Å². The van der Waals surface area contributed by atoms with E-state index in [2.05, 4.69) is 17.2 Å². The van der Waals surface area contributed by atoms with Crippen molar-refractivity contribution in [1.82, 2.24) is 9.55 Å². The molecule has 0 unspecified atom stereocenters. The van der Waals surface area contributed by atoms with E-state index in [-0.39, 0.29) is 11.7 Å². The van der Waals surface area contributed by atoms with Gasteiger partial charge in [0.05, 0.1) is 15.9 Å². The van der Waals surface area contributed by atoms with E-state index in [1.807, 2.05) is 34.2 Å². The third-order valence-corrected chi connectivity index (χ3v) is 5.40. The van der Waals surface area contributed by atoms with Crippen LogP contribution in [-0.2, 0) is 13.2 Å². The van der Waals surface area contributed by atoms with Crippen molar-refractivity contribution in [2.45, 2.75) is 26.5 Å². The Morgan fingerprint density at radius 3 is 2.79 bits per heavy atom. The van der Waals surface area contributed by atoms with Gasteiger partial charge in [-0.15, -0.1) is 11.3 Å². The average molecular weight is 409 g/mol. The van der Waals surface area contributed by atoms with E-state index in [0.29, 0.717) is 23.2 Å². The monoisotopic (exact) mass is 409 g/mol. The number of hydrogen-bond acceptors (Lipinski definition) is 4. The van der Waals surface area contributed by atoms with Gasteiger partial charge in [-0.2, -0.15) is 0 Å². The molecular formula is C22H20FN3O2S. The van der Waals surface area contributed by atoms with Crippen LogP contribution in [0.2, 0.25) is 0 Å². The molecule has 0 spiro atoms. The number of nitrogens with zero attached hydrogens (tertiary/aromatic N) is 2. The number of carbonyl (C=O) groups excluding carboxylic acids is 1. The summed E-state index contributed by atoms with van der Waals surface area (Å²) in [6, 6.07) is 15.5. The summed E-state index contributed by atoms with van der Waals surface area (Å²) in [7, 11) is 0. The van der Waals surface area contributed by atoms with E-state index in [1.54, 1.807) is 18.2 Å². The first kappa shape index (κ1) is 19.1. The van der Waals surface area contributed by atoms with Gasteiger partial charge in [-0.1, -0.05) is 19.1 Å². The number of imidazole rings is 1. The number of aryl methyl sites for hydroxylation is 1. The molecule has 4 aromatic rings. The number of thiophene rings is 1. The maximum atomic E-state index is 13.0. The summed E-state index contributed by atoms with van der Waals surface area (Å²) >= 11 is 1.35. The maximum absolute atomic E-state index is 13.0. The topological polar surface area (TPSA) is 56.2 Å². The van der Waals surface area contributed by atoms with Crippen LogP contribution in [-0.4, -0.2) is 15.5 Å². The SMILES string of the molecule is CCCn1c(NC(=O)c2cc(COc3ccc(F)cc3)cs2)nc2ccccc21. The Labute approximate surface area is 171 Å². The number of para-hydroxylation sites is 2. The van der Waals surface area contributed by atoms with Crippen LogP contribution in [0.25, 0.3) is 11.0 Å². The van der Waals surface area contributed by atoms with Crippen LogP contribution in [0, 0.1) is 5.82 Å². The molecule has 148 valence electrons. The van der Waals surface area contributed by atoms with Crippen LogP contribution >= 0.6 is 11.3 Å². The van der Waals surface area contributed by atoms with Crippen molar-refractivity contribution in [2.75, 3.05) is 5.32 Å². The smallest absolute Gasteiger partial charge is 0.268 e. The normalized spacial score (nSPS) is 11.0. The predicted molar refractivity (Wildman–Crippen MR) is 113 cm³/mol. The van der Waals surface area contributed by atoms with Gasteiger partial charge in [-0.25, -0.2) is 9.37 Å². The van der Waals surface area contributed by atoms with Crippen LogP contribution < -0.4 is 10.1 Å². The van der Waals surface area contributed by atoms with Crippen LogP contribution in [0.15, 0.2) is 60.0 Å². The molecule has 0 saturated carbocycles. The molecule has 1 N–H and O–H groups in total. The molecule has 0 aliphatic carbocycles. The molecule has 0 bridgehead atoms. The molecule has 2 heterocycles. The summed E-state index contributed by atoms with van der Waals surface area (Å²) in [6.45, 7) is 3.17. The lowest BCUT2D eigenvalue weighted by molar-refractivity contribution is 0.102. The Balaban J connectivity index is 1.46. The molecule has 5 nitrogen and oxygen atoms in total. The van der Waals surface area contributed by atoms with Crippen LogP contribution in [0.5, 0.6) is 5.75 Å². The molecule has 0 aliphatic heterocycles. The number of fused-ring (bicyclic) bond motifs is 1. The molecule has 2 aromatic carbocycles. The molecule has 29 heavy (non-hydrogen) atoms. The van der Waals surface area contributed by atoms with Gasteiger partial charge >= 0.3 is 0 Å². The number of anilines is 1. The van der Waals surface area contributed by atoms with Crippen molar-refractivity contribution < 1.29 is 13.9 Å². The van der Waals surface area contributed by atoms with Crippen molar-refractivity contribution >= 4 is 34.2 Å². The van der Waals surface area contributed by atoms with Gasteiger partial charge in [0.25, 0.3) is 5.91 Å². The highest BCUT2D eigenvalue weighted by Gasteiger charge is 2.15. The van der Waals surface area contributed by atoms with Crippen molar-refractivity contribution in [1.29, 1.82) is 0 Å². The zero-order valence-corrected chi connectivity index (χ0v) is 16.7. The Bertz CT molecular complexity index is 1130. The number of halogens is 1. The highest BCUT2D eigenvalue weighted by molar-refractivity contribution is 7.12. The van der Waals surface area contributed by atoms with Gasteiger partial charge in [0.2, 0.25) is 5.95 Å².